The molecule has 2 rings (SSSR count). The molecule has 0 saturated carbocycles. The molecule has 0 unspecified atom stereocenters. The van der Waals surface area contributed by atoms with Crippen molar-refractivity contribution in [2.45, 2.75) is 6.42 Å². The first-order chi connectivity index (χ1) is 7.70. The molecule has 0 spiro atoms. The lowest BCUT2D eigenvalue weighted by Gasteiger charge is -1.95. The zero-order valence-electron chi connectivity index (χ0n) is 8.08. The van der Waals surface area contributed by atoms with Crippen LogP contribution in [0.15, 0.2) is 28.9 Å². The van der Waals surface area contributed by atoms with Crippen molar-refractivity contribution in [2.75, 3.05) is 0 Å². The van der Waals surface area contributed by atoms with Crippen LogP contribution in [0.4, 0.5) is 0 Å². The standard InChI is InChI=1S/C11H6BrClN2S/c12-10-9(4-5-14)16-11(15-10)7-2-1-3-8(13)6-7/h1-3,6H,4H2. The Kier molecular flexibility index (Phi) is 3.59. The van der Waals surface area contributed by atoms with Crippen LogP contribution in [0.1, 0.15) is 4.88 Å². The van der Waals surface area contributed by atoms with Crippen LogP contribution in [0, 0.1) is 11.3 Å². The smallest absolute Gasteiger partial charge is 0.125 e. The van der Waals surface area contributed by atoms with Crippen LogP contribution >= 0.6 is 38.9 Å². The van der Waals surface area contributed by atoms with E-state index in [0.29, 0.717) is 11.4 Å². The van der Waals surface area contributed by atoms with Gasteiger partial charge < -0.3 is 0 Å². The van der Waals surface area contributed by atoms with Crippen molar-refractivity contribution in [2.24, 2.45) is 0 Å². The first-order valence-corrected chi connectivity index (χ1v) is 6.47. The van der Waals surface area contributed by atoms with Gasteiger partial charge in [0.2, 0.25) is 0 Å². The minimum absolute atomic E-state index is 0.374. The van der Waals surface area contributed by atoms with Crippen molar-refractivity contribution in [1.29, 1.82) is 5.26 Å². The topological polar surface area (TPSA) is 36.7 Å². The number of benzene rings is 1. The van der Waals surface area contributed by atoms with Gasteiger partial charge in [0.05, 0.1) is 17.4 Å². The van der Waals surface area contributed by atoms with Gasteiger partial charge >= 0.3 is 0 Å². The number of rotatable bonds is 2. The SMILES string of the molecule is N#CCc1sc(-c2cccc(Cl)c2)nc1Br. The molecule has 0 fully saturated rings. The number of hydrogen-bond donors (Lipinski definition) is 0. The fourth-order valence-electron chi connectivity index (χ4n) is 1.26. The van der Waals surface area contributed by atoms with Crippen LogP contribution in [-0.2, 0) is 6.42 Å². The quantitative estimate of drug-likeness (QED) is 0.829. The molecule has 0 amide bonds. The van der Waals surface area contributed by atoms with E-state index in [2.05, 4.69) is 27.0 Å². The van der Waals surface area contributed by atoms with E-state index in [0.717, 1.165) is 20.1 Å². The van der Waals surface area contributed by atoms with Gasteiger partial charge in [0.25, 0.3) is 0 Å². The molecule has 1 heterocycles. The second-order valence-electron chi connectivity index (χ2n) is 3.08. The summed E-state index contributed by atoms with van der Waals surface area (Å²) in [5, 5.41) is 10.2. The van der Waals surface area contributed by atoms with Crippen LogP contribution in [0.3, 0.4) is 0 Å². The molecule has 0 aliphatic carbocycles. The third kappa shape index (κ3) is 2.43. The van der Waals surface area contributed by atoms with E-state index in [1.54, 1.807) is 0 Å². The van der Waals surface area contributed by atoms with Crippen molar-refractivity contribution in [1.82, 2.24) is 4.98 Å². The summed E-state index contributed by atoms with van der Waals surface area (Å²) >= 11 is 10.8. The molecule has 0 aliphatic rings. The van der Waals surface area contributed by atoms with Crippen LogP contribution in [0.25, 0.3) is 10.6 Å². The maximum Gasteiger partial charge on any atom is 0.125 e. The van der Waals surface area contributed by atoms with Crippen molar-refractivity contribution >= 4 is 38.9 Å². The van der Waals surface area contributed by atoms with E-state index < -0.39 is 0 Å². The Bertz CT molecular complexity index is 559. The molecule has 16 heavy (non-hydrogen) atoms. The first kappa shape index (κ1) is 11.6. The summed E-state index contributed by atoms with van der Waals surface area (Å²) in [5.41, 5.74) is 0.974. The minimum atomic E-state index is 0.374. The molecule has 0 atom stereocenters. The first-order valence-electron chi connectivity index (χ1n) is 4.49. The molecule has 0 bridgehead atoms. The molecule has 0 saturated heterocycles. The van der Waals surface area contributed by atoms with Crippen LogP contribution in [0.5, 0.6) is 0 Å². The Morgan fingerprint density at radius 3 is 3.00 bits per heavy atom. The number of hydrogen-bond acceptors (Lipinski definition) is 3. The van der Waals surface area contributed by atoms with Gasteiger partial charge in [0, 0.05) is 10.6 Å². The summed E-state index contributed by atoms with van der Waals surface area (Å²) in [6.07, 6.45) is 0.374. The van der Waals surface area contributed by atoms with E-state index in [9.17, 15) is 0 Å². The molecule has 0 radical (unpaired) electrons. The zero-order valence-corrected chi connectivity index (χ0v) is 11.2. The van der Waals surface area contributed by atoms with Crippen LogP contribution in [-0.4, -0.2) is 4.98 Å². The highest BCUT2D eigenvalue weighted by molar-refractivity contribution is 9.10. The second-order valence-corrected chi connectivity index (χ2v) is 5.35. The second kappa shape index (κ2) is 4.96. The van der Waals surface area contributed by atoms with Gasteiger partial charge in [-0.3, -0.25) is 0 Å². The third-order valence-corrected chi connectivity index (χ3v) is 4.22. The molecule has 1 aromatic heterocycles. The summed E-state index contributed by atoms with van der Waals surface area (Å²) < 4.78 is 0.744. The molecule has 2 aromatic rings. The fourth-order valence-corrected chi connectivity index (χ4v) is 3.01. The van der Waals surface area contributed by atoms with Gasteiger partial charge in [0.15, 0.2) is 0 Å². The van der Waals surface area contributed by atoms with E-state index in [-0.39, 0.29) is 0 Å². The molecule has 0 aliphatic heterocycles. The molecule has 0 N–H and O–H groups in total. The van der Waals surface area contributed by atoms with Gasteiger partial charge in [0.1, 0.15) is 9.61 Å². The summed E-state index contributed by atoms with van der Waals surface area (Å²) in [6.45, 7) is 0. The molecular weight excluding hydrogens is 308 g/mol. The van der Waals surface area contributed by atoms with Crippen LogP contribution < -0.4 is 0 Å². The number of thiazole rings is 1. The summed E-state index contributed by atoms with van der Waals surface area (Å²) in [7, 11) is 0. The van der Waals surface area contributed by atoms with E-state index in [4.69, 9.17) is 16.9 Å². The van der Waals surface area contributed by atoms with E-state index in [1.807, 2.05) is 24.3 Å². The van der Waals surface area contributed by atoms with Crippen molar-refractivity contribution in [3.8, 4) is 16.6 Å². The number of nitriles is 1. The van der Waals surface area contributed by atoms with Crippen LogP contribution in [0.2, 0.25) is 5.02 Å². The highest BCUT2D eigenvalue weighted by atomic mass is 79.9. The Morgan fingerprint density at radius 2 is 2.31 bits per heavy atom. The maximum absolute atomic E-state index is 8.66. The molecular formula is C11H6BrClN2S. The van der Waals surface area contributed by atoms with E-state index in [1.165, 1.54) is 11.3 Å². The van der Waals surface area contributed by atoms with Crippen molar-refractivity contribution in [3.63, 3.8) is 0 Å². The predicted molar refractivity (Wildman–Crippen MR) is 69.6 cm³/mol. The lowest BCUT2D eigenvalue weighted by atomic mass is 10.2. The average Bonchev–Trinajstić information content (AvgIpc) is 2.61. The Hall–Kier alpha value is -0.890. The van der Waals surface area contributed by atoms with Crippen molar-refractivity contribution < 1.29 is 0 Å². The predicted octanol–water partition coefficient (Wildman–Crippen LogP) is 4.29. The monoisotopic (exact) mass is 312 g/mol. The molecule has 5 heteroatoms. The fraction of sp³-hybridized carbons (Fsp3) is 0.0909. The third-order valence-electron chi connectivity index (χ3n) is 1.96. The van der Waals surface area contributed by atoms with Gasteiger partial charge in [-0.2, -0.15) is 5.26 Å². The normalized spacial score (nSPS) is 10.1. The van der Waals surface area contributed by atoms with Gasteiger partial charge in [-0.15, -0.1) is 11.3 Å². The zero-order chi connectivity index (χ0) is 11.5. The average molecular weight is 314 g/mol. The van der Waals surface area contributed by atoms with Gasteiger partial charge in [-0.1, -0.05) is 23.7 Å². The number of nitrogens with zero attached hydrogens (tertiary/aromatic N) is 2. The molecule has 2 nitrogen and oxygen atoms in total. The Balaban J connectivity index is 2.42. The highest BCUT2D eigenvalue weighted by Gasteiger charge is 2.10. The number of halogens is 2. The minimum Gasteiger partial charge on any atom is -0.229 e. The summed E-state index contributed by atoms with van der Waals surface area (Å²) in [6, 6.07) is 9.64. The summed E-state index contributed by atoms with van der Waals surface area (Å²) in [4.78, 5) is 5.31. The Morgan fingerprint density at radius 1 is 1.50 bits per heavy atom. The lowest BCUT2D eigenvalue weighted by molar-refractivity contribution is 1.24. The maximum atomic E-state index is 8.66. The number of aromatic nitrogens is 1. The molecule has 80 valence electrons. The highest BCUT2D eigenvalue weighted by Crippen LogP contribution is 2.32. The lowest BCUT2D eigenvalue weighted by Crippen LogP contribution is -1.75. The van der Waals surface area contributed by atoms with E-state index >= 15 is 0 Å². The Labute approximate surface area is 111 Å². The summed E-state index contributed by atoms with van der Waals surface area (Å²) in [5.74, 6) is 0. The van der Waals surface area contributed by atoms with Crippen molar-refractivity contribution in [3.05, 3.63) is 38.8 Å². The van der Waals surface area contributed by atoms with Gasteiger partial charge in [-0.25, -0.2) is 4.98 Å². The molecule has 1 aromatic carbocycles. The van der Waals surface area contributed by atoms with Gasteiger partial charge in [-0.05, 0) is 28.1 Å². The largest absolute Gasteiger partial charge is 0.229 e.